The molecule has 0 spiro atoms. The first-order chi connectivity index (χ1) is 5.33. The number of aromatic nitrogens is 1. The Kier molecular flexibility index (Phi) is 3.52. The summed E-state index contributed by atoms with van der Waals surface area (Å²) >= 11 is 4.16. The number of nitrogens with one attached hydrogen (secondary N) is 1. The van der Waals surface area contributed by atoms with Gasteiger partial charge in [-0.15, -0.1) is 0 Å². The Hall–Kier alpha value is -0.410. The van der Waals surface area contributed by atoms with Crippen LogP contribution < -0.4 is 0 Å². The van der Waals surface area contributed by atoms with E-state index in [0.29, 0.717) is 0 Å². The molecule has 0 atom stereocenters. The third kappa shape index (κ3) is 2.99. The van der Waals surface area contributed by atoms with Crippen LogP contribution >= 0.6 is 12.6 Å². The first-order valence-electron chi connectivity index (χ1n) is 3.74. The van der Waals surface area contributed by atoms with Gasteiger partial charge in [0.05, 0.1) is 0 Å². The van der Waals surface area contributed by atoms with E-state index in [1.54, 1.807) is 0 Å². The predicted molar refractivity (Wildman–Crippen MR) is 51.0 cm³/mol. The van der Waals surface area contributed by atoms with Crippen molar-refractivity contribution in [2.45, 2.75) is 6.54 Å². The van der Waals surface area contributed by atoms with Crippen LogP contribution in [0.3, 0.4) is 0 Å². The quantitative estimate of drug-likeness (QED) is 0.654. The lowest BCUT2D eigenvalue weighted by molar-refractivity contribution is 0.345. The number of nitrogens with zero attached hydrogens (tertiary/aromatic N) is 1. The zero-order chi connectivity index (χ0) is 8.10. The van der Waals surface area contributed by atoms with Crippen molar-refractivity contribution in [1.29, 1.82) is 0 Å². The van der Waals surface area contributed by atoms with Gasteiger partial charge < -0.3 is 4.98 Å². The van der Waals surface area contributed by atoms with Crippen LogP contribution in [0.1, 0.15) is 5.69 Å². The van der Waals surface area contributed by atoms with Crippen LogP contribution in [0.4, 0.5) is 0 Å². The van der Waals surface area contributed by atoms with Gasteiger partial charge in [-0.1, -0.05) is 0 Å². The molecule has 1 N–H and O–H groups in total. The summed E-state index contributed by atoms with van der Waals surface area (Å²) in [5.74, 6) is 0.914. The van der Waals surface area contributed by atoms with Gasteiger partial charge in [-0.25, -0.2) is 0 Å². The Labute approximate surface area is 73.0 Å². The van der Waals surface area contributed by atoms with Gasteiger partial charge >= 0.3 is 0 Å². The number of hydrogen-bond donors (Lipinski definition) is 2. The van der Waals surface area contributed by atoms with E-state index in [1.165, 1.54) is 5.69 Å². The molecular weight excluding hydrogens is 156 g/mol. The Morgan fingerprint density at radius 1 is 1.64 bits per heavy atom. The van der Waals surface area contributed by atoms with Gasteiger partial charge in [0.15, 0.2) is 0 Å². The summed E-state index contributed by atoms with van der Waals surface area (Å²) < 4.78 is 0. The van der Waals surface area contributed by atoms with Crippen LogP contribution in [0.15, 0.2) is 18.3 Å². The summed E-state index contributed by atoms with van der Waals surface area (Å²) in [6.07, 6.45) is 1.95. The molecule has 0 fully saturated rings. The maximum Gasteiger partial charge on any atom is 0.0382 e. The second-order valence-electron chi connectivity index (χ2n) is 2.66. The molecule has 0 bridgehead atoms. The van der Waals surface area contributed by atoms with Crippen molar-refractivity contribution in [2.75, 3.05) is 19.3 Å². The molecule has 1 heterocycles. The lowest BCUT2D eigenvalue weighted by Gasteiger charge is -2.13. The summed E-state index contributed by atoms with van der Waals surface area (Å²) in [6, 6.07) is 4.11. The monoisotopic (exact) mass is 170 g/mol. The summed E-state index contributed by atoms with van der Waals surface area (Å²) in [7, 11) is 2.09. The van der Waals surface area contributed by atoms with Crippen LogP contribution in [0, 0.1) is 0 Å². The number of aromatic amines is 1. The number of thiol groups is 1. The molecule has 62 valence electrons. The number of H-pyrrole nitrogens is 1. The molecule has 0 saturated carbocycles. The van der Waals surface area contributed by atoms with Crippen molar-refractivity contribution in [1.82, 2.24) is 9.88 Å². The molecule has 0 saturated heterocycles. The molecule has 1 aromatic rings. The average molecular weight is 170 g/mol. The highest BCUT2D eigenvalue weighted by Crippen LogP contribution is 1.98. The maximum absolute atomic E-state index is 4.16. The molecule has 2 nitrogen and oxygen atoms in total. The van der Waals surface area contributed by atoms with Crippen LogP contribution in [0.25, 0.3) is 0 Å². The van der Waals surface area contributed by atoms with Crippen LogP contribution in [-0.2, 0) is 6.54 Å². The molecule has 0 aliphatic rings. The minimum absolute atomic E-state index is 0.914. The van der Waals surface area contributed by atoms with Gasteiger partial charge in [0.2, 0.25) is 0 Å². The van der Waals surface area contributed by atoms with E-state index >= 15 is 0 Å². The van der Waals surface area contributed by atoms with Crippen molar-refractivity contribution < 1.29 is 0 Å². The Bertz CT molecular complexity index is 184. The van der Waals surface area contributed by atoms with Crippen molar-refractivity contribution in [3.8, 4) is 0 Å². The van der Waals surface area contributed by atoms with Crippen LogP contribution in [-0.4, -0.2) is 29.2 Å². The zero-order valence-electron chi connectivity index (χ0n) is 6.75. The average Bonchev–Trinajstić information content (AvgIpc) is 2.40. The molecule has 1 rings (SSSR count). The van der Waals surface area contributed by atoms with Crippen LogP contribution in [0.2, 0.25) is 0 Å². The lowest BCUT2D eigenvalue weighted by Crippen LogP contribution is -2.20. The smallest absolute Gasteiger partial charge is 0.0382 e. The maximum atomic E-state index is 4.16. The van der Waals surface area contributed by atoms with E-state index < -0.39 is 0 Å². The highest BCUT2D eigenvalue weighted by molar-refractivity contribution is 7.80. The van der Waals surface area contributed by atoms with E-state index in [-0.39, 0.29) is 0 Å². The third-order valence-electron chi connectivity index (χ3n) is 1.58. The standard InChI is InChI=1S/C8H14N2S/c1-10(5-6-11)7-8-3-2-4-9-8/h2-4,9,11H,5-7H2,1H3. The van der Waals surface area contributed by atoms with Gasteiger partial charge in [0.1, 0.15) is 0 Å². The van der Waals surface area contributed by atoms with Gasteiger partial charge in [-0.05, 0) is 19.2 Å². The van der Waals surface area contributed by atoms with Gasteiger partial charge in [-0.3, -0.25) is 4.90 Å². The fourth-order valence-corrected chi connectivity index (χ4v) is 1.35. The third-order valence-corrected chi connectivity index (χ3v) is 1.78. The zero-order valence-corrected chi connectivity index (χ0v) is 7.64. The predicted octanol–water partition coefficient (Wildman–Crippen LogP) is 1.38. The van der Waals surface area contributed by atoms with Crippen molar-refractivity contribution in [3.63, 3.8) is 0 Å². The number of rotatable bonds is 4. The molecule has 0 aliphatic carbocycles. The van der Waals surface area contributed by atoms with E-state index in [1.807, 2.05) is 12.3 Å². The SMILES string of the molecule is CN(CCS)Cc1ccc[nH]1. The van der Waals surface area contributed by atoms with E-state index in [9.17, 15) is 0 Å². The highest BCUT2D eigenvalue weighted by atomic mass is 32.1. The van der Waals surface area contributed by atoms with Crippen molar-refractivity contribution in [2.24, 2.45) is 0 Å². The first kappa shape index (κ1) is 8.68. The van der Waals surface area contributed by atoms with E-state index in [4.69, 9.17) is 0 Å². The lowest BCUT2D eigenvalue weighted by atomic mass is 10.4. The summed E-state index contributed by atoms with van der Waals surface area (Å²) in [5.41, 5.74) is 1.26. The Balaban J connectivity index is 2.31. The summed E-state index contributed by atoms with van der Waals surface area (Å²) in [4.78, 5) is 5.39. The Morgan fingerprint density at radius 2 is 2.45 bits per heavy atom. The van der Waals surface area contributed by atoms with Gasteiger partial charge in [0.25, 0.3) is 0 Å². The van der Waals surface area contributed by atoms with E-state index in [2.05, 4.69) is 35.6 Å². The highest BCUT2D eigenvalue weighted by Gasteiger charge is 1.97. The topological polar surface area (TPSA) is 19.0 Å². The largest absolute Gasteiger partial charge is 0.364 e. The molecule has 0 aliphatic heterocycles. The Morgan fingerprint density at radius 3 is 3.00 bits per heavy atom. The molecular formula is C8H14N2S. The van der Waals surface area contributed by atoms with Crippen LogP contribution in [0.5, 0.6) is 0 Å². The second-order valence-corrected chi connectivity index (χ2v) is 3.10. The molecule has 0 amide bonds. The summed E-state index contributed by atoms with van der Waals surface area (Å²) in [6.45, 7) is 2.01. The van der Waals surface area contributed by atoms with Gasteiger partial charge in [0, 0.05) is 30.7 Å². The second kappa shape index (κ2) is 4.46. The van der Waals surface area contributed by atoms with Crippen molar-refractivity contribution in [3.05, 3.63) is 24.0 Å². The minimum Gasteiger partial charge on any atom is -0.364 e. The molecule has 11 heavy (non-hydrogen) atoms. The molecule has 0 unspecified atom stereocenters. The molecule has 1 aromatic heterocycles. The van der Waals surface area contributed by atoms with Crippen molar-refractivity contribution >= 4 is 12.6 Å². The van der Waals surface area contributed by atoms with Gasteiger partial charge in [-0.2, -0.15) is 12.6 Å². The molecule has 3 heteroatoms. The fourth-order valence-electron chi connectivity index (χ4n) is 1.01. The fraction of sp³-hybridized carbons (Fsp3) is 0.500. The minimum atomic E-state index is 0.914. The van der Waals surface area contributed by atoms with E-state index in [0.717, 1.165) is 18.8 Å². The summed E-state index contributed by atoms with van der Waals surface area (Å²) in [5, 5.41) is 0. The molecule has 0 aromatic carbocycles. The number of hydrogen-bond acceptors (Lipinski definition) is 2. The normalized spacial score (nSPS) is 10.8. The first-order valence-corrected chi connectivity index (χ1v) is 4.38. The molecule has 0 radical (unpaired) electrons.